The summed E-state index contributed by atoms with van der Waals surface area (Å²) in [4.78, 5) is 56.1. The van der Waals surface area contributed by atoms with Gasteiger partial charge in [0.15, 0.2) is 5.92 Å². The van der Waals surface area contributed by atoms with Crippen LogP contribution in [0.25, 0.3) is 10.9 Å². The Morgan fingerprint density at radius 2 is 1.85 bits per heavy atom. The minimum absolute atomic E-state index is 0.0303. The molecule has 1 aliphatic heterocycles. The summed E-state index contributed by atoms with van der Waals surface area (Å²) in [6.07, 6.45) is 2.70. The molecule has 0 spiro atoms. The van der Waals surface area contributed by atoms with Gasteiger partial charge in [0, 0.05) is 43.8 Å². The van der Waals surface area contributed by atoms with Crippen LogP contribution >= 0.6 is 0 Å². The van der Waals surface area contributed by atoms with E-state index in [0.717, 1.165) is 32.5 Å². The van der Waals surface area contributed by atoms with E-state index in [1.54, 1.807) is 6.20 Å². The van der Waals surface area contributed by atoms with Gasteiger partial charge in [-0.15, -0.1) is 0 Å². The molecule has 1 N–H and O–H groups in total. The zero-order valence-electron chi connectivity index (χ0n) is 14.7. The van der Waals surface area contributed by atoms with Crippen molar-refractivity contribution in [3.05, 3.63) is 36.0 Å². The molecular formula is C18H17N4O5-. The number of barbiturate groups is 1. The Kier molecular flexibility index (Phi) is 4.76. The van der Waals surface area contributed by atoms with Crippen LogP contribution in [0.3, 0.4) is 0 Å². The van der Waals surface area contributed by atoms with Gasteiger partial charge >= 0.3 is 6.03 Å². The highest BCUT2D eigenvalue weighted by molar-refractivity contribution is 6.23. The predicted octanol–water partition coefficient (Wildman–Crippen LogP) is -0.434. The summed E-state index contributed by atoms with van der Waals surface area (Å²) in [5.41, 5.74) is 1.58. The summed E-state index contributed by atoms with van der Waals surface area (Å²) in [5, 5.41) is 12.4. The summed E-state index contributed by atoms with van der Waals surface area (Å²) >= 11 is 0. The third-order valence-electron chi connectivity index (χ3n) is 4.54. The van der Waals surface area contributed by atoms with E-state index >= 15 is 0 Å². The maximum absolute atomic E-state index is 12.2. The Balaban J connectivity index is 1.84. The van der Waals surface area contributed by atoms with Gasteiger partial charge < -0.3 is 14.9 Å². The van der Waals surface area contributed by atoms with Crippen molar-refractivity contribution in [2.75, 3.05) is 14.1 Å². The molecule has 1 aliphatic rings. The van der Waals surface area contributed by atoms with E-state index in [0.29, 0.717) is 0 Å². The number of rotatable bonds is 5. The van der Waals surface area contributed by atoms with Crippen molar-refractivity contribution >= 4 is 40.9 Å². The number of aliphatic imine (C=N–C) groups is 1. The smallest absolute Gasteiger partial charge is 0.332 e. The number of imide groups is 2. The summed E-state index contributed by atoms with van der Waals surface area (Å²) < 4.78 is 0. The maximum Gasteiger partial charge on any atom is 0.332 e. The topological polar surface area (TPSA) is 126 Å². The zero-order chi connectivity index (χ0) is 19.7. The number of hydrogen-bond acceptors (Lipinski definition) is 6. The van der Waals surface area contributed by atoms with Gasteiger partial charge in [0.05, 0.1) is 12.0 Å². The number of carboxylic acid groups (broad SMARTS) is 1. The average molecular weight is 369 g/mol. The molecule has 0 bridgehead atoms. The van der Waals surface area contributed by atoms with Crippen molar-refractivity contribution in [2.45, 2.75) is 12.5 Å². The standard InChI is InChI=1S/C18H18N4O5/c1-21-15(23)12(16(24)22(2)18(21)27)9-20-14(17(25)26)7-10-8-19-13-6-4-3-5-11(10)13/h3-6,8-9,12,14,19H,7H2,1-2H3,(H,25,26)/p-1/t14-/m0/s1. The van der Waals surface area contributed by atoms with Crippen LogP contribution in [0.1, 0.15) is 5.56 Å². The van der Waals surface area contributed by atoms with Crippen LogP contribution in [0, 0.1) is 5.92 Å². The molecule has 3 rings (SSSR count). The Bertz CT molecular complexity index is 940. The molecule has 9 nitrogen and oxygen atoms in total. The second kappa shape index (κ2) is 7.02. The summed E-state index contributed by atoms with van der Waals surface area (Å²) in [7, 11) is 2.49. The molecule has 1 aromatic carbocycles. The average Bonchev–Trinajstić information content (AvgIpc) is 3.06. The molecule has 0 aliphatic carbocycles. The maximum atomic E-state index is 12.2. The minimum Gasteiger partial charge on any atom is -0.548 e. The Morgan fingerprint density at radius 1 is 1.22 bits per heavy atom. The molecule has 2 aromatic rings. The molecule has 0 unspecified atom stereocenters. The number of aromatic amines is 1. The van der Waals surface area contributed by atoms with Gasteiger partial charge in [-0.2, -0.15) is 0 Å². The number of urea groups is 1. The fourth-order valence-corrected chi connectivity index (χ4v) is 2.96. The number of benzene rings is 1. The van der Waals surface area contributed by atoms with Gasteiger partial charge in [-0.3, -0.25) is 24.4 Å². The highest BCUT2D eigenvalue weighted by Crippen LogP contribution is 2.20. The molecule has 9 heteroatoms. The number of amides is 4. The van der Waals surface area contributed by atoms with E-state index in [-0.39, 0.29) is 6.42 Å². The molecular weight excluding hydrogens is 352 g/mol. The number of nitrogens with zero attached hydrogens (tertiary/aromatic N) is 3. The first kappa shape index (κ1) is 18.3. The lowest BCUT2D eigenvalue weighted by Crippen LogP contribution is -2.57. The summed E-state index contributed by atoms with van der Waals surface area (Å²) in [6, 6.07) is 5.37. The van der Waals surface area contributed by atoms with E-state index in [9.17, 15) is 24.3 Å². The van der Waals surface area contributed by atoms with E-state index < -0.39 is 35.8 Å². The number of para-hydroxylation sites is 1. The number of nitrogens with one attached hydrogen (secondary N) is 1. The normalized spacial score (nSPS) is 17.3. The SMILES string of the molecule is CN1C(=O)C(C=N[C@@H](Cc2c[nH]c3ccccc23)C(=O)[O-])C(=O)N(C)C1=O. The van der Waals surface area contributed by atoms with Crippen LogP contribution in [0.4, 0.5) is 4.79 Å². The van der Waals surface area contributed by atoms with E-state index in [1.165, 1.54) is 14.1 Å². The molecule has 2 heterocycles. The van der Waals surface area contributed by atoms with Gasteiger partial charge in [0.1, 0.15) is 0 Å². The summed E-state index contributed by atoms with van der Waals surface area (Å²) in [5.74, 6) is -4.28. The second-order valence-electron chi connectivity index (χ2n) is 6.25. The summed E-state index contributed by atoms with van der Waals surface area (Å²) in [6.45, 7) is 0. The first-order valence-electron chi connectivity index (χ1n) is 8.19. The molecule has 27 heavy (non-hydrogen) atoms. The molecule has 1 aromatic heterocycles. The molecule has 1 fully saturated rings. The third-order valence-corrected chi connectivity index (χ3v) is 4.54. The van der Waals surface area contributed by atoms with E-state index in [2.05, 4.69) is 9.98 Å². The monoisotopic (exact) mass is 369 g/mol. The first-order chi connectivity index (χ1) is 12.8. The largest absolute Gasteiger partial charge is 0.548 e. The Labute approximate surface area is 154 Å². The van der Waals surface area contributed by atoms with Gasteiger partial charge in [-0.05, 0) is 11.6 Å². The molecule has 0 radical (unpaired) electrons. The number of fused-ring (bicyclic) bond motifs is 1. The van der Waals surface area contributed by atoms with Gasteiger partial charge in [0.25, 0.3) is 0 Å². The van der Waals surface area contributed by atoms with Crippen molar-refractivity contribution in [2.24, 2.45) is 10.9 Å². The van der Waals surface area contributed by atoms with Crippen molar-refractivity contribution < 1.29 is 24.3 Å². The molecule has 140 valence electrons. The van der Waals surface area contributed by atoms with Crippen LogP contribution < -0.4 is 5.11 Å². The first-order valence-corrected chi connectivity index (χ1v) is 8.19. The highest BCUT2D eigenvalue weighted by Gasteiger charge is 2.41. The Hall–Kier alpha value is -3.49. The third kappa shape index (κ3) is 3.31. The van der Waals surface area contributed by atoms with Crippen molar-refractivity contribution in [1.82, 2.24) is 14.8 Å². The zero-order valence-corrected chi connectivity index (χ0v) is 14.7. The number of H-pyrrole nitrogens is 1. The number of carbonyl (C=O) groups excluding carboxylic acids is 4. The molecule has 1 atom stereocenters. The van der Waals surface area contributed by atoms with Crippen LogP contribution in [0.5, 0.6) is 0 Å². The van der Waals surface area contributed by atoms with Gasteiger partial charge in [-0.1, -0.05) is 18.2 Å². The van der Waals surface area contributed by atoms with Gasteiger partial charge in [-0.25, -0.2) is 4.79 Å². The number of aliphatic carboxylic acids is 1. The minimum atomic E-state index is -1.43. The van der Waals surface area contributed by atoms with E-state index in [1.807, 2.05) is 24.3 Å². The van der Waals surface area contributed by atoms with Crippen LogP contribution in [-0.2, 0) is 20.8 Å². The number of carbonyl (C=O) groups is 4. The highest BCUT2D eigenvalue weighted by atomic mass is 16.4. The number of carboxylic acids is 1. The second-order valence-corrected chi connectivity index (χ2v) is 6.25. The quantitative estimate of drug-likeness (QED) is 0.565. The predicted molar refractivity (Wildman–Crippen MR) is 93.7 cm³/mol. The van der Waals surface area contributed by atoms with Crippen LogP contribution in [0.2, 0.25) is 0 Å². The fourth-order valence-electron chi connectivity index (χ4n) is 2.96. The fraction of sp³-hybridized carbons (Fsp3) is 0.278. The molecule has 4 amide bonds. The van der Waals surface area contributed by atoms with Crippen LogP contribution in [0.15, 0.2) is 35.5 Å². The lowest BCUT2D eigenvalue weighted by molar-refractivity contribution is -0.307. The lowest BCUT2D eigenvalue weighted by atomic mass is 10.0. The Morgan fingerprint density at radius 3 is 2.48 bits per heavy atom. The lowest BCUT2D eigenvalue weighted by Gasteiger charge is -2.31. The number of aromatic nitrogens is 1. The van der Waals surface area contributed by atoms with Gasteiger partial charge in [0.2, 0.25) is 11.8 Å². The van der Waals surface area contributed by atoms with E-state index in [4.69, 9.17) is 0 Å². The number of hydrogen-bond donors (Lipinski definition) is 1. The van der Waals surface area contributed by atoms with Crippen LogP contribution in [-0.4, -0.2) is 65.0 Å². The molecule has 1 saturated heterocycles. The van der Waals surface area contributed by atoms with Crippen molar-refractivity contribution in [3.8, 4) is 0 Å². The van der Waals surface area contributed by atoms with Crippen molar-refractivity contribution in [1.29, 1.82) is 0 Å². The van der Waals surface area contributed by atoms with Crippen molar-refractivity contribution in [3.63, 3.8) is 0 Å². The molecule has 0 saturated carbocycles.